The Morgan fingerprint density at radius 1 is 0.939 bits per heavy atom. The summed E-state index contributed by atoms with van der Waals surface area (Å²) in [6.07, 6.45) is 6.74. The summed E-state index contributed by atoms with van der Waals surface area (Å²) in [5.74, 6) is -4.78. The largest absolute Gasteiger partial charge is 0.457 e. The lowest BCUT2D eigenvalue weighted by Gasteiger charge is -2.37. The third-order valence-electron chi connectivity index (χ3n) is 15.0. The minimum absolute atomic E-state index is 0.00886. The van der Waals surface area contributed by atoms with Crippen LogP contribution in [0.25, 0.3) is 0 Å². The van der Waals surface area contributed by atoms with Crippen molar-refractivity contribution in [1.29, 1.82) is 0 Å². The van der Waals surface area contributed by atoms with Gasteiger partial charge in [0.2, 0.25) is 23.6 Å². The van der Waals surface area contributed by atoms with E-state index in [1.807, 2.05) is 13.8 Å². The van der Waals surface area contributed by atoms with Crippen LogP contribution in [0.5, 0.6) is 0 Å². The second kappa shape index (κ2) is 30.4. The van der Waals surface area contributed by atoms with Crippen LogP contribution in [0.3, 0.4) is 0 Å². The second-order valence-electron chi connectivity index (χ2n) is 22.2. The third kappa shape index (κ3) is 20.5. The zero-order valence-electron chi connectivity index (χ0n) is 48.0. The van der Waals surface area contributed by atoms with Crippen molar-refractivity contribution < 1.29 is 82.5 Å². The van der Waals surface area contributed by atoms with Crippen LogP contribution < -0.4 is 21.7 Å². The Balaban J connectivity index is 1.08. The highest BCUT2D eigenvalue weighted by Crippen LogP contribution is 2.38. The Morgan fingerprint density at radius 2 is 1.59 bits per heavy atom. The fourth-order valence-corrected chi connectivity index (χ4v) is 9.68. The van der Waals surface area contributed by atoms with Crippen molar-refractivity contribution in [3.8, 4) is 0 Å². The minimum atomic E-state index is -1.67. The summed E-state index contributed by atoms with van der Waals surface area (Å²) < 4.78 is 23.1. The van der Waals surface area contributed by atoms with Crippen LogP contribution in [-0.4, -0.2) is 181 Å². The number of aliphatic hydroxyl groups excluding tert-OH is 2. The number of nitrogens with one attached hydrogen (secondary N) is 3. The number of nitrogens with two attached hydrogens (primary N) is 1. The molecule has 9 N–H and O–H groups in total. The lowest BCUT2D eigenvalue weighted by molar-refractivity contribution is -0.151. The first-order chi connectivity index (χ1) is 38.7. The molecule has 12 atom stereocenters. The molecule has 5 rings (SSSR count). The molecule has 24 nitrogen and oxygen atoms in total. The fourth-order valence-electron chi connectivity index (χ4n) is 9.68. The van der Waals surface area contributed by atoms with Crippen molar-refractivity contribution in [2.45, 2.75) is 179 Å². The van der Waals surface area contributed by atoms with Gasteiger partial charge in [-0.15, -0.1) is 0 Å². The van der Waals surface area contributed by atoms with E-state index in [1.54, 1.807) is 57.2 Å². The van der Waals surface area contributed by atoms with Crippen LogP contribution in [0.1, 0.15) is 118 Å². The van der Waals surface area contributed by atoms with Gasteiger partial charge in [0.25, 0.3) is 11.8 Å². The van der Waals surface area contributed by atoms with Gasteiger partial charge in [0, 0.05) is 75.2 Å². The quantitative estimate of drug-likeness (QED) is 0.0140. The van der Waals surface area contributed by atoms with E-state index < -0.39 is 102 Å². The highest BCUT2D eigenvalue weighted by Gasteiger charge is 2.47. The summed E-state index contributed by atoms with van der Waals surface area (Å²) in [6, 6.07) is 3.77. The topological polar surface area (TPSA) is 347 Å². The van der Waals surface area contributed by atoms with E-state index in [0.717, 1.165) is 4.90 Å². The summed E-state index contributed by atoms with van der Waals surface area (Å²) in [7, 11) is 0. The molecular formula is C58H83N7O17. The van der Waals surface area contributed by atoms with Crippen molar-refractivity contribution >= 4 is 59.3 Å². The first-order valence-electron chi connectivity index (χ1n) is 28.1. The number of unbranched alkanes of at least 4 members (excludes halogenated alkanes) is 2. The van der Waals surface area contributed by atoms with Crippen molar-refractivity contribution in [2.75, 3.05) is 38.0 Å². The molecule has 0 aromatic heterocycles. The Hall–Kier alpha value is -6.99. The van der Waals surface area contributed by atoms with Gasteiger partial charge in [0.15, 0.2) is 6.10 Å². The molecule has 2 fully saturated rings. The normalized spacial score (nSPS) is 26.0. The maximum absolute atomic E-state index is 13.7. The van der Waals surface area contributed by atoms with Crippen LogP contribution in [0.15, 0.2) is 72.4 Å². The molecule has 0 spiro atoms. The number of ether oxygens (including phenoxy) is 4. The Labute approximate surface area is 478 Å². The van der Waals surface area contributed by atoms with Crippen LogP contribution >= 0.6 is 0 Å². The van der Waals surface area contributed by atoms with E-state index in [2.05, 4.69) is 16.0 Å². The SMILES string of the molecule is CC[C@H](O)[C@@H](C)[C@H]1O[C@@H]1C[C@@](C)(O)/C=C/C=C(\C)[C@H]1OC(=O)C[C@H](O)CC[C@@](C)(O)[C@@H](OC(=O)N2CCN(C(=O)OCc3ccc(NC(=O)[C@H](CC(N)=O)NC(=O)[C@H](C)NC(=O)CCCCCN4C(=O)C=CC4=O)cc3)CC2)/C=C/[C@@H]1C. The molecule has 4 aliphatic heterocycles. The Morgan fingerprint density at radius 3 is 2.22 bits per heavy atom. The summed E-state index contributed by atoms with van der Waals surface area (Å²) in [5.41, 5.74) is 3.92. The van der Waals surface area contributed by atoms with E-state index in [4.69, 9.17) is 24.7 Å². The van der Waals surface area contributed by atoms with E-state index in [0.29, 0.717) is 43.2 Å². The smallest absolute Gasteiger partial charge is 0.410 e. The lowest BCUT2D eigenvalue weighted by atomic mass is 9.88. The number of allylic oxidation sites excluding steroid dienone is 2. The number of carbonyl (C=O) groups excluding carboxylic acids is 9. The number of esters is 1. The van der Waals surface area contributed by atoms with Gasteiger partial charge >= 0.3 is 18.2 Å². The molecule has 2 saturated heterocycles. The zero-order valence-corrected chi connectivity index (χ0v) is 48.0. The van der Waals surface area contributed by atoms with E-state index in [9.17, 15) is 63.6 Å². The van der Waals surface area contributed by atoms with Crippen molar-refractivity contribution in [3.63, 3.8) is 0 Å². The van der Waals surface area contributed by atoms with Crippen molar-refractivity contribution in [1.82, 2.24) is 25.3 Å². The average molecular weight is 1150 g/mol. The van der Waals surface area contributed by atoms with E-state index >= 15 is 0 Å². The second-order valence-corrected chi connectivity index (χ2v) is 22.2. The van der Waals surface area contributed by atoms with Gasteiger partial charge < -0.3 is 70.9 Å². The van der Waals surface area contributed by atoms with Crippen molar-refractivity contribution in [3.05, 3.63) is 77.9 Å². The number of carbonyl (C=O) groups is 9. The average Bonchev–Trinajstić information content (AvgIpc) is 4.30. The minimum Gasteiger partial charge on any atom is -0.457 e. The summed E-state index contributed by atoms with van der Waals surface area (Å²) in [5, 5.41) is 51.4. The van der Waals surface area contributed by atoms with Gasteiger partial charge in [-0.25, -0.2) is 9.59 Å². The number of piperazine rings is 1. The number of aliphatic hydroxyl groups is 4. The number of benzene rings is 1. The molecule has 0 radical (unpaired) electrons. The summed E-state index contributed by atoms with van der Waals surface area (Å²) >= 11 is 0. The number of primary amides is 1. The molecule has 4 heterocycles. The monoisotopic (exact) mass is 1150 g/mol. The van der Waals surface area contributed by atoms with Crippen molar-refractivity contribution in [2.24, 2.45) is 17.6 Å². The molecule has 0 aliphatic carbocycles. The number of hydrogen-bond donors (Lipinski definition) is 8. The molecule has 82 heavy (non-hydrogen) atoms. The molecule has 1 aromatic carbocycles. The maximum Gasteiger partial charge on any atom is 0.410 e. The number of amides is 8. The van der Waals surface area contributed by atoms with Crippen LogP contribution in [0.4, 0.5) is 15.3 Å². The van der Waals surface area contributed by atoms with E-state index in [-0.39, 0.29) is 101 Å². The molecular weight excluding hydrogens is 1070 g/mol. The third-order valence-corrected chi connectivity index (χ3v) is 15.0. The van der Waals surface area contributed by atoms with Gasteiger partial charge in [-0.3, -0.25) is 38.5 Å². The number of nitrogens with zero attached hydrogens (tertiary/aromatic N) is 3. The number of hydrogen-bond acceptors (Lipinski definition) is 17. The number of cyclic esters (lactones) is 1. The molecule has 4 aliphatic rings. The number of imide groups is 1. The highest BCUT2D eigenvalue weighted by molar-refractivity contribution is 6.12. The van der Waals surface area contributed by atoms with Gasteiger partial charge in [0.05, 0.1) is 42.9 Å². The first-order valence-corrected chi connectivity index (χ1v) is 28.1. The molecule has 1 aromatic rings. The Bertz CT molecular complexity index is 2540. The fraction of sp³-hybridized carbons (Fsp3) is 0.603. The van der Waals surface area contributed by atoms with Gasteiger partial charge in [-0.1, -0.05) is 63.6 Å². The predicted molar refractivity (Wildman–Crippen MR) is 297 cm³/mol. The van der Waals surface area contributed by atoms with E-state index in [1.165, 1.54) is 54.0 Å². The van der Waals surface area contributed by atoms with Crippen LogP contribution in [0, 0.1) is 11.8 Å². The number of anilines is 1. The highest BCUT2D eigenvalue weighted by atomic mass is 16.6. The van der Waals surface area contributed by atoms with Gasteiger partial charge in [-0.2, -0.15) is 0 Å². The zero-order chi connectivity index (χ0) is 60.5. The summed E-state index contributed by atoms with van der Waals surface area (Å²) in [6.45, 7) is 12.3. The number of rotatable bonds is 24. The lowest BCUT2D eigenvalue weighted by Crippen LogP contribution is -2.52. The molecule has 0 unspecified atom stereocenters. The molecule has 24 heteroatoms. The molecule has 8 amide bonds. The standard InChI is InChI=1S/C58H83N7O17/c1-8-43(67)37(4)52-44(80-52)33-57(6,77)24-12-13-35(2)51-36(3)15-20-45(58(7,78)25-23-41(66)31-50(72)82-51)81-56(76)64-29-27-63(28-30-64)55(75)79-34-39-16-18-40(19-17-39)61-54(74)42(32-46(59)68)62-53(73)38(5)60-47(69)14-10-9-11-26-65-48(70)21-22-49(65)71/h12-13,15-22,24,36-38,41-45,51-52,66-67,77-78H,8-11,14,23,25-34H2,1-7H3,(H2,59,68)(H,60,69)(H,61,74)(H,62,73)/b20-15+,24-12+,35-13+/t36-,37+,38-,41+,42-,43-,44+,45-,51+,52+,57-,58+/m0/s1. The molecule has 452 valence electrons. The first kappa shape index (κ1) is 65.8. The summed E-state index contributed by atoms with van der Waals surface area (Å²) in [4.78, 5) is 118. The maximum atomic E-state index is 13.7. The Kier molecular flexibility index (Phi) is 24.4. The van der Waals surface area contributed by atoms with Gasteiger partial charge in [0.1, 0.15) is 30.4 Å². The molecule has 0 bridgehead atoms. The van der Waals surface area contributed by atoms with Crippen LogP contribution in [-0.2, 0) is 59.1 Å². The molecule has 0 saturated carbocycles. The number of epoxide rings is 1. The predicted octanol–water partition coefficient (Wildman–Crippen LogP) is 2.95. The van der Waals surface area contributed by atoms with Crippen LogP contribution in [0.2, 0.25) is 0 Å². The van der Waals surface area contributed by atoms with Gasteiger partial charge in [-0.05, 0) is 89.1 Å².